The molecule has 16 heavy (non-hydrogen) atoms. The topological polar surface area (TPSA) is 70.0 Å². The average molecular weight is 223 g/mol. The summed E-state index contributed by atoms with van der Waals surface area (Å²) >= 11 is 0. The van der Waals surface area contributed by atoms with Crippen LogP contribution in [-0.4, -0.2) is 40.9 Å². The van der Waals surface area contributed by atoms with E-state index in [0.29, 0.717) is 18.7 Å². The minimum atomic E-state index is -0.808. The molecule has 2 N–H and O–H groups in total. The average Bonchev–Trinajstić information content (AvgIpc) is 2.64. The van der Waals surface area contributed by atoms with E-state index in [4.69, 9.17) is 4.74 Å². The summed E-state index contributed by atoms with van der Waals surface area (Å²) in [5.41, 5.74) is 0.583. The molecule has 5 nitrogen and oxygen atoms in total. The molecule has 0 aromatic heterocycles. The molecule has 0 saturated carbocycles. The lowest BCUT2D eigenvalue weighted by molar-refractivity contribution is 0.118. The highest BCUT2D eigenvalue weighted by atomic mass is 16.6. The number of phenolic OH excluding ortho intramolecular Hbond substituents is 1. The number of ether oxygens (including phenoxy) is 1. The first-order valence-corrected chi connectivity index (χ1v) is 5.05. The summed E-state index contributed by atoms with van der Waals surface area (Å²) in [4.78, 5) is 12.6. The third-order valence-corrected chi connectivity index (χ3v) is 2.49. The number of cyclic esters (lactones) is 1. The molecule has 1 aliphatic rings. The number of carbonyl (C=O) groups is 1. The summed E-state index contributed by atoms with van der Waals surface area (Å²) in [5, 5.41) is 19.1. The molecule has 5 heteroatoms. The Balaban J connectivity index is 2.02. The number of phenols is 1. The third kappa shape index (κ3) is 2.25. The molecule has 1 amide bonds. The Kier molecular flexibility index (Phi) is 2.96. The molecule has 1 aliphatic heterocycles. The molecule has 1 fully saturated rings. The van der Waals surface area contributed by atoms with Crippen LogP contribution in [0.15, 0.2) is 24.3 Å². The Morgan fingerprint density at radius 2 is 2.31 bits per heavy atom. The lowest BCUT2D eigenvalue weighted by atomic mass is 10.1. The van der Waals surface area contributed by atoms with Crippen LogP contribution in [0.5, 0.6) is 5.75 Å². The van der Waals surface area contributed by atoms with Gasteiger partial charge in [-0.1, -0.05) is 12.1 Å². The Hall–Kier alpha value is -1.75. The van der Waals surface area contributed by atoms with Crippen molar-refractivity contribution in [1.29, 1.82) is 0 Å². The summed E-state index contributed by atoms with van der Waals surface area (Å²) < 4.78 is 4.75. The minimum Gasteiger partial charge on any atom is -0.508 e. The summed E-state index contributed by atoms with van der Waals surface area (Å²) in [6, 6.07) is 6.36. The number of β-amino-alcohol motifs (C(OH)–C–C–N with tert-alkyl or cyclic N) is 1. The zero-order chi connectivity index (χ0) is 11.5. The zero-order valence-corrected chi connectivity index (χ0v) is 8.67. The molecule has 1 aromatic carbocycles. The summed E-state index contributed by atoms with van der Waals surface area (Å²) in [6.45, 7) is 1.04. The van der Waals surface area contributed by atoms with Gasteiger partial charge in [-0.2, -0.15) is 0 Å². The second-order valence-corrected chi connectivity index (χ2v) is 3.67. The number of aliphatic hydroxyl groups excluding tert-OH is 1. The van der Waals surface area contributed by atoms with E-state index in [0.717, 1.165) is 0 Å². The standard InChI is InChI=1S/C11H13NO4/c13-9-3-1-2-8(6-9)10(14)7-12-4-5-16-11(12)15/h1-3,6,10,13-14H,4-5,7H2. The Labute approximate surface area is 92.9 Å². The fourth-order valence-corrected chi connectivity index (χ4v) is 1.64. The highest BCUT2D eigenvalue weighted by molar-refractivity contribution is 5.69. The number of hydrogen-bond donors (Lipinski definition) is 2. The molecule has 0 spiro atoms. The van der Waals surface area contributed by atoms with E-state index < -0.39 is 12.2 Å². The number of amides is 1. The maximum Gasteiger partial charge on any atom is 0.410 e. The second-order valence-electron chi connectivity index (χ2n) is 3.67. The largest absolute Gasteiger partial charge is 0.508 e. The van der Waals surface area contributed by atoms with E-state index in [-0.39, 0.29) is 12.3 Å². The highest BCUT2D eigenvalue weighted by Crippen LogP contribution is 2.20. The zero-order valence-electron chi connectivity index (χ0n) is 8.67. The van der Waals surface area contributed by atoms with Crippen LogP contribution >= 0.6 is 0 Å². The van der Waals surface area contributed by atoms with Gasteiger partial charge in [-0.05, 0) is 17.7 Å². The third-order valence-electron chi connectivity index (χ3n) is 2.49. The number of carbonyl (C=O) groups excluding carboxylic acids is 1. The number of aliphatic hydroxyl groups is 1. The predicted molar refractivity (Wildman–Crippen MR) is 56.0 cm³/mol. The van der Waals surface area contributed by atoms with Gasteiger partial charge in [-0.25, -0.2) is 4.79 Å². The van der Waals surface area contributed by atoms with Crippen molar-refractivity contribution in [3.05, 3.63) is 29.8 Å². The molecule has 0 radical (unpaired) electrons. The van der Waals surface area contributed by atoms with Gasteiger partial charge >= 0.3 is 6.09 Å². The molecule has 0 bridgehead atoms. The lowest BCUT2D eigenvalue weighted by Crippen LogP contribution is -2.29. The molecular weight excluding hydrogens is 210 g/mol. The fraction of sp³-hybridized carbons (Fsp3) is 0.364. The summed E-state index contributed by atoms with van der Waals surface area (Å²) in [6.07, 6.45) is -1.21. The van der Waals surface area contributed by atoms with Gasteiger partial charge in [-0.3, -0.25) is 0 Å². The van der Waals surface area contributed by atoms with Crippen molar-refractivity contribution in [3.63, 3.8) is 0 Å². The van der Waals surface area contributed by atoms with Crippen LogP contribution in [0.3, 0.4) is 0 Å². The molecule has 1 heterocycles. The molecular formula is C11H13NO4. The van der Waals surface area contributed by atoms with Crippen LogP contribution < -0.4 is 0 Å². The van der Waals surface area contributed by atoms with Crippen LogP contribution in [0.1, 0.15) is 11.7 Å². The molecule has 2 rings (SSSR count). The maximum atomic E-state index is 11.2. The predicted octanol–water partition coefficient (Wildman–Crippen LogP) is 0.878. The van der Waals surface area contributed by atoms with E-state index in [1.807, 2.05) is 0 Å². The van der Waals surface area contributed by atoms with Crippen molar-refractivity contribution >= 4 is 6.09 Å². The van der Waals surface area contributed by atoms with Crippen molar-refractivity contribution in [1.82, 2.24) is 4.90 Å². The van der Waals surface area contributed by atoms with Crippen LogP contribution in [-0.2, 0) is 4.74 Å². The van der Waals surface area contributed by atoms with E-state index in [2.05, 4.69) is 0 Å². The maximum absolute atomic E-state index is 11.2. The SMILES string of the molecule is O=C1OCCN1CC(O)c1cccc(O)c1. The van der Waals surface area contributed by atoms with Crippen LogP contribution in [0, 0.1) is 0 Å². The Morgan fingerprint density at radius 1 is 1.50 bits per heavy atom. The van der Waals surface area contributed by atoms with Gasteiger partial charge in [0.1, 0.15) is 12.4 Å². The van der Waals surface area contributed by atoms with Crippen molar-refractivity contribution in [3.8, 4) is 5.75 Å². The van der Waals surface area contributed by atoms with Crippen LogP contribution in [0.2, 0.25) is 0 Å². The van der Waals surface area contributed by atoms with E-state index in [9.17, 15) is 15.0 Å². The second kappa shape index (κ2) is 4.40. The van der Waals surface area contributed by atoms with Gasteiger partial charge in [0.15, 0.2) is 0 Å². The normalized spacial score (nSPS) is 17.3. The van der Waals surface area contributed by atoms with Crippen molar-refractivity contribution in [2.75, 3.05) is 19.7 Å². The van der Waals surface area contributed by atoms with E-state index >= 15 is 0 Å². The Morgan fingerprint density at radius 3 is 2.94 bits per heavy atom. The van der Waals surface area contributed by atoms with Crippen LogP contribution in [0.25, 0.3) is 0 Å². The molecule has 1 unspecified atom stereocenters. The lowest BCUT2D eigenvalue weighted by Gasteiger charge is -2.17. The van der Waals surface area contributed by atoms with Crippen molar-refractivity contribution in [2.24, 2.45) is 0 Å². The molecule has 0 aliphatic carbocycles. The summed E-state index contributed by atoms with van der Waals surface area (Å²) in [7, 11) is 0. The molecule has 1 saturated heterocycles. The fourth-order valence-electron chi connectivity index (χ4n) is 1.64. The summed E-state index contributed by atoms with van der Waals surface area (Å²) in [5.74, 6) is 0.0977. The number of rotatable bonds is 3. The minimum absolute atomic E-state index is 0.0977. The Bertz CT molecular complexity index is 393. The molecule has 86 valence electrons. The van der Waals surface area contributed by atoms with Gasteiger partial charge in [0.25, 0.3) is 0 Å². The van der Waals surface area contributed by atoms with E-state index in [1.165, 1.54) is 17.0 Å². The highest BCUT2D eigenvalue weighted by Gasteiger charge is 2.24. The quantitative estimate of drug-likeness (QED) is 0.798. The van der Waals surface area contributed by atoms with Gasteiger partial charge in [0, 0.05) is 0 Å². The first-order valence-electron chi connectivity index (χ1n) is 5.05. The first kappa shape index (κ1) is 10.8. The van der Waals surface area contributed by atoms with Gasteiger partial charge < -0.3 is 19.8 Å². The number of aromatic hydroxyl groups is 1. The van der Waals surface area contributed by atoms with Gasteiger partial charge in [-0.15, -0.1) is 0 Å². The van der Waals surface area contributed by atoms with Crippen molar-refractivity contribution < 1.29 is 19.7 Å². The molecule has 1 atom stereocenters. The van der Waals surface area contributed by atoms with Crippen molar-refractivity contribution in [2.45, 2.75) is 6.10 Å². The smallest absolute Gasteiger partial charge is 0.410 e. The van der Waals surface area contributed by atoms with Gasteiger partial charge in [0.05, 0.1) is 19.2 Å². The number of hydrogen-bond acceptors (Lipinski definition) is 4. The first-order chi connectivity index (χ1) is 7.66. The monoisotopic (exact) mass is 223 g/mol. The van der Waals surface area contributed by atoms with Crippen LogP contribution in [0.4, 0.5) is 4.79 Å². The number of benzene rings is 1. The number of nitrogens with zero attached hydrogens (tertiary/aromatic N) is 1. The van der Waals surface area contributed by atoms with E-state index in [1.54, 1.807) is 12.1 Å². The molecule has 1 aromatic rings. The van der Waals surface area contributed by atoms with Gasteiger partial charge in [0.2, 0.25) is 0 Å².